The van der Waals surface area contributed by atoms with E-state index in [-0.39, 0.29) is 12.0 Å². The van der Waals surface area contributed by atoms with Gasteiger partial charge in [0.2, 0.25) is 5.13 Å². The summed E-state index contributed by atoms with van der Waals surface area (Å²) in [7, 11) is 1.46. The fraction of sp³-hybridized carbons (Fsp3) is 0.316. The first-order chi connectivity index (χ1) is 14.6. The van der Waals surface area contributed by atoms with Gasteiger partial charge in [-0.15, -0.1) is 10.2 Å². The van der Waals surface area contributed by atoms with Crippen LogP contribution in [0.3, 0.4) is 0 Å². The number of aromatic nitrogens is 4. The molecule has 0 unspecified atom stereocenters. The van der Waals surface area contributed by atoms with Crippen LogP contribution in [0.5, 0.6) is 5.19 Å². The molecule has 1 fully saturated rings. The van der Waals surface area contributed by atoms with Gasteiger partial charge in [-0.2, -0.15) is 5.10 Å². The molecule has 0 aliphatic carbocycles. The average molecular weight is 447 g/mol. The Morgan fingerprint density at radius 1 is 1.30 bits per heavy atom. The van der Waals surface area contributed by atoms with E-state index in [4.69, 9.17) is 21.1 Å². The first kappa shape index (κ1) is 20.5. The molecule has 4 rings (SSSR count). The summed E-state index contributed by atoms with van der Waals surface area (Å²) in [5.74, 6) is 0.456. The summed E-state index contributed by atoms with van der Waals surface area (Å²) in [6.45, 7) is 1.50. The molecule has 1 N–H and O–H groups in total. The van der Waals surface area contributed by atoms with Crippen LogP contribution in [0.25, 0.3) is 0 Å². The Bertz CT molecular complexity index is 1000. The number of amides is 1. The molecule has 2 atom stereocenters. The molecule has 0 saturated carbocycles. The van der Waals surface area contributed by atoms with Crippen molar-refractivity contribution >= 4 is 39.8 Å². The van der Waals surface area contributed by atoms with Gasteiger partial charge in [0.15, 0.2) is 11.9 Å². The van der Waals surface area contributed by atoms with E-state index in [0.717, 1.165) is 18.8 Å². The number of hydrogen-bond acceptors (Lipinski definition) is 9. The van der Waals surface area contributed by atoms with Gasteiger partial charge in [-0.3, -0.25) is 10.1 Å². The SMILES string of the molecule is CO[C@H](C(=O)Nc1nnc(O[C@@H]2CCN(c3cccnn3)C2)s1)c1cccc(Cl)c1. The summed E-state index contributed by atoms with van der Waals surface area (Å²) < 4.78 is 11.3. The van der Waals surface area contributed by atoms with Crippen molar-refractivity contribution in [2.75, 3.05) is 30.4 Å². The predicted octanol–water partition coefficient (Wildman–Crippen LogP) is 2.97. The molecule has 11 heteroatoms. The Kier molecular flexibility index (Phi) is 6.36. The third-order valence-electron chi connectivity index (χ3n) is 4.56. The molecule has 1 aliphatic heterocycles. The van der Waals surface area contributed by atoms with E-state index in [9.17, 15) is 4.79 Å². The van der Waals surface area contributed by atoms with Crippen LogP contribution in [0.15, 0.2) is 42.6 Å². The quantitative estimate of drug-likeness (QED) is 0.591. The van der Waals surface area contributed by atoms with E-state index >= 15 is 0 Å². The number of carbonyl (C=O) groups excluding carboxylic acids is 1. The van der Waals surface area contributed by atoms with E-state index in [1.807, 2.05) is 12.1 Å². The van der Waals surface area contributed by atoms with Crippen molar-refractivity contribution in [3.8, 4) is 5.19 Å². The Morgan fingerprint density at radius 2 is 2.20 bits per heavy atom. The van der Waals surface area contributed by atoms with Gasteiger partial charge in [0, 0.05) is 31.3 Å². The number of halogens is 1. The smallest absolute Gasteiger partial charge is 0.296 e. The zero-order valence-electron chi connectivity index (χ0n) is 16.1. The molecule has 9 nitrogen and oxygen atoms in total. The number of ether oxygens (including phenoxy) is 2. The van der Waals surface area contributed by atoms with Crippen LogP contribution >= 0.6 is 22.9 Å². The number of carbonyl (C=O) groups is 1. The van der Waals surface area contributed by atoms with E-state index in [1.165, 1.54) is 18.4 Å². The van der Waals surface area contributed by atoms with Crippen molar-refractivity contribution in [1.82, 2.24) is 20.4 Å². The zero-order chi connectivity index (χ0) is 20.9. The topological polar surface area (TPSA) is 102 Å². The number of rotatable bonds is 7. The van der Waals surface area contributed by atoms with E-state index in [2.05, 4.69) is 30.6 Å². The Morgan fingerprint density at radius 3 is 2.97 bits per heavy atom. The summed E-state index contributed by atoms with van der Waals surface area (Å²) in [4.78, 5) is 14.7. The summed E-state index contributed by atoms with van der Waals surface area (Å²) >= 11 is 7.18. The summed E-state index contributed by atoms with van der Waals surface area (Å²) in [5, 5.41) is 20.0. The third kappa shape index (κ3) is 4.84. The molecular formula is C19H19ClN6O3S. The minimum atomic E-state index is -0.813. The van der Waals surface area contributed by atoms with Gasteiger partial charge in [-0.05, 0) is 41.2 Å². The highest BCUT2D eigenvalue weighted by molar-refractivity contribution is 7.17. The van der Waals surface area contributed by atoms with Gasteiger partial charge >= 0.3 is 0 Å². The third-order valence-corrected chi connectivity index (χ3v) is 5.52. The van der Waals surface area contributed by atoms with E-state index < -0.39 is 6.10 Å². The largest absolute Gasteiger partial charge is 0.464 e. The lowest BCUT2D eigenvalue weighted by Crippen LogP contribution is -2.25. The summed E-state index contributed by atoms with van der Waals surface area (Å²) in [6, 6.07) is 10.7. The Labute approximate surface area is 182 Å². The van der Waals surface area contributed by atoms with Crippen molar-refractivity contribution < 1.29 is 14.3 Å². The van der Waals surface area contributed by atoms with Gasteiger partial charge < -0.3 is 14.4 Å². The normalized spacial score (nSPS) is 17.0. The van der Waals surface area contributed by atoms with Gasteiger partial charge in [0.05, 0.1) is 6.54 Å². The summed E-state index contributed by atoms with van der Waals surface area (Å²) in [5.41, 5.74) is 0.651. The summed E-state index contributed by atoms with van der Waals surface area (Å²) in [6.07, 6.45) is 1.62. The van der Waals surface area contributed by atoms with Crippen molar-refractivity contribution in [3.05, 3.63) is 53.2 Å². The van der Waals surface area contributed by atoms with E-state index in [0.29, 0.717) is 27.5 Å². The highest BCUT2D eigenvalue weighted by Gasteiger charge is 2.27. The fourth-order valence-corrected chi connectivity index (χ4v) is 4.04. The first-order valence-corrected chi connectivity index (χ1v) is 10.4. The molecule has 156 valence electrons. The van der Waals surface area contributed by atoms with Crippen LogP contribution in [0.4, 0.5) is 10.9 Å². The number of anilines is 2. The zero-order valence-corrected chi connectivity index (χ0v) is 17.6. The van der Waals surface area contributed by atoms with Crippen LogP contribution in [0.2, 0.25) is 5.02 Å². The molecule has 0 spiro atoms. The maximum atomic E-state index is 12.6. The number of hydrogen-bond donors (Lipinski definition) is 1. The molecule has 0 bridgehead atoms. The van der Waals surface area contributed by atoms with Gasteiger partial charge in [0.1, 0.15) is 6.10 Å². The lowest BCUT2D eigenvalue weighted by molar-refractivity contribution is -0.126. The molecule has 1 amide bonds. The lowest BCUT2D eigenvalue weighted by Gasteiger charge is -2.16. The maximum Gasteiger partial charge on any atom is 0.296 e. The second kappa shape index (κ2) is 9.33. The molecule has 0 radical (unpaired) electrons. The molecule has 1 aromatic carbocycles. The number of nitrogens with zero attached hydrogens (tertiary/aromatic N) is 5. The van der Waals surface area contributed by atoms with Crippen molar-refractivity contribution in [3.63, 3.8) is 0 Å². The van der Waals surface area contributed by atoms with Gasteiger partial charge in [-0.25, -0.2) is 0 Å². The van der Waals surface area contributed by atoms with Crippen LogP contribution in [-0.4, -0.2) is 52.6 Å². The van der Waals surface area contributed by atoms with Gasteiger partial charge in [-0.1, -0.05) is 28.8 Å². The highest BCUT2D eigenvalue weighted by Crippen LogP contribution is 2.28. The minimum Gasteiger partial charge on any atom is -0.464 e. The first-order valence-electron chi connectivity index (χ1n) is 9.24. The Hall–Kier alpha value is -2.82. The van der Waals surface area contributed by atoms with Crippen molar-refractivity contribution in [2.24, 2.45) is 0 Å². The van der Waals surface area contributed by atoms with Crippen molar-refractivity contribution in [1.29, 1.82) is 0 Å². The second-order valence-electron chi connectivity index (χ2n) is 6.59. The minimum absolute atomic E-state index is 0.0401. The number of benzene rings is 1. The average Bonchev–Trinajstić information content (AvgIpc) is 3.39. The molecule has 3 aromatic rings. The number of nitrogens with one attached hydrogen (secondary N) is 1. The fourth-order valence-electron chi connectivity index (χ4n) is 3.18. The second-order valence-corrected chi connectivity index (χ2v) is 7.97. The van der Waals surface area contributed by atoms with Crippen molar-refractivity contribution in [2.45, 2.75) is 18.6 Å². The van der Waals surface area contributed by atoms with Crippen LogP contribution in [0.1, 0.15) is 18.1 Å². The Balaban J connectivity index is 1.34. The van der Waals surface area contributed by atoms with E-state index in [1.54, 1.807) is 30.5 Å². The maximum absolute atomic E-state index is 12.6. The molecular weight excluding hydrogens is 428 g/mol. The standard InChI is InChI=1S/C19H19ClN6O3S/c1-28-16(12-4-2-5-13(20)10-12)17(27)22-18-24-25-19(30-18)29-14-7-9-26(11-14)15-6-3-8-21-23-15/h2-6,8,10,14,16H,7,9,11H2,1H3,(H,22,24,27)/t14-,16+/m1/s1. The highest BCUT2D eigenvalue weighted by atomic mass is 35.5. The molecule has 1 saturated heterocycles. The molecule has 2 aromatic heterocycles. The van der Waals surface area contributed by atoms with Crippen LogP contribution in [0, 0.1) is 0 Å². The number of methoxy groups -OCH3 is 1. The van der Waals surface area contributed by atoms with Crippen LogP contribution in [-0.2, 0) is 9.53 Å². The van der Waals surface area contributed by atoms with Crippen LogP contribution < -0.4 is 15.0 Å². The molecule has 30 heavy (non-hydrogen) atoms. The van der Waals surface area contributed by atoms with Gasteiger partial charge in [0.25, 0.3) is 11.1 Å². The molecule has 1 aliphatic rings. The lowest BCUT2D eigenvalue weighted by atomic mass is 10.1. The predicted molar refractivity (Wildman–Crippen MR) is 113 cm³/mol. The molecule has 3 heterocycles. The monoisotopic (exact) mass is 446 g/mol.